The zero-order valence-electron chi connectivity index (χ0n) is 14.2. The quantitative estimate of drug-likeness (QED) is 0.797. The number of amides is 1. The lowest BCUT2D eigenvalue weighted by Crippen LogP contribution is -2.56. The van der Waals surface area contributed by atoms with Crippen molar-refractivity contribution in [1.29, 1.82) is 0 Å². The van der Waals surface area contributed by atoms with E-state index in [1.807, 2.05) is 6.20 Å². The van der Waals surface area contributed by atoms with Gasteiger partial charge >= 0.3 is 0 Å². The van der Waals surface area contributed by atoms with Gasteiger partial charge in [-0.1, -0.05) is 0 Å². The van der Waals surface area contributed by atoms with Gasteiger partial charge in [0.15, 0.2) is 0 Å². The monoisotopic (exact) mass is 323 g/mol. The molecule has 126 valence electrons. The van der Waals surface area contributed by atoms with Crippen molar-refractivity contribution in [3.63, 3.8) is 0 Å². The minimum atomic E-state index is -0.0112. The Bertz CT molecular complexity index is 679. The fraction of sp³-hybridized carbons (Fsp3) is 0.750. The van der Waals surface area contributed by atoms with Crippen LogP contribution in [0, 0.1) is 23.2 Å². The van der Waals surface area contributed by atoms with Crippen LogP contribution in [0.15, 0.2) is 12.5 Å². The standard InChI is InChI=1S/C20H25N3O/c24-19(20-7-12-3-13(8-20)5-14(4-12)9-20)23-15-1-2-18(23)16-10-21-11-22-17(16)6-15/h10-15,18H,1-9H2. The van der Waals surface area contributed by atoms with Crippen LogP contribution < -0.4 is 0 Å². The molecule has 2 aliphatic heterocycles. The average Bonchev–Trinajstić information content (AvgIpc) is 2.87. The summed E-state index contributed by atoms with van der Waals surface area (Å²) in [6.45, 7) is 0. The van der Waals surface area contributed by atoms with E-state index < -0.39 is 0 Å². The predicted molar refractivity (Wildman–Crippen MR) is 89.0 cm³/mol. The largest absolute Gasteiger partial charge is 0.332 e. The molecule has 4 aliphatic carbocycles. The fourth-order valence-corrected chi connectivity index (χ4v) is 7.38. The highest BCUT2D eigenvalue weighted by molar-refractivity contribution is 5.84. The lowest BCUT2D eigenvalue weighted by atomic mass is 9.49. The molecular formula is C20H25N3O. The van der Waals surface area contributed by atoms with Crippen LogP contribution in [0.1, 0.15) is 68.7 Å². The van der Waals surface area contributed by atoms with Crippen molar-refractivity contribution >= 4 is 5.91 Å². The second-order valence-electron chi connectivity index (χ2n) is 9.29. The van der Waals surface area contributed by atoms with Gasteiger partial charge in [0.05, 0.1) is 17.2 Å². The van der Waals surface area contributed by atoms with Crippen molar-refractivity contribution in [3.05, 3.63) is 23.8 Å². The first kappa shape index (κ1) is 13.8. The van der Waals surface area contributed by atoms with Crippen LogP contribution in [0.2, 0.25) is 0 Å². The molecule has 7 rings (SSSR count). The highest BCUT2D eigenvalue weighted by Crippen LogP contribution is 2.61. The molecule has 1 aromatic heterocycles. The zero-order valence-corrected chi connectivity index (χ0v) is 14.2. The van der Waals surface area contributed by atoms with Gasteiger partial charge in [0.25, 0.3) is 0 Å². The van der Waals surface area contributed by atoms with E-state index in [9.17, 15) is 4.79 Å². The molecule has 0 radical (unpaired) electrons. The maximum atomic E-state index is 13.8. The van der Waals surface area contributed by atoms with Crippen molar-refractivity contribution in [2.45, 2.75) is 69.9 Å². The van der Waals surface area contributed by atoms with Gasteiger partial charge in [-0.3, -0.25) is 4.79 Å². The Kier molecular flexibility index (Phi) is 2.64. The highest BCUT2D eigenvalue weighted by atomic mass is 16.2. The Hall–Kier alpha value is -1.45. The smallest absolute Gasteiger partial charge is 0.229 e. The molecule has 2 unspecified atom stereocenters. The molecule has 2 atom stereocenters. The summed E-state index contributed by atoms with van der Waals surface area (Å²) in [7, 11) is 0. The minimum Gasteiger partial charge on any atom is -0.332 e. The lowest BCUT2D eigenvalue weighted by Gasteiger charge is -2.57. The number of carbonyl (C=O) groups is 1. The second-order valence-corrected chi connectivity index (χ2v) is 9.29. The molecule has 1 amide bonds. The van der Waals surface area contributed by atoms with E-state index in [1.165, 1.54) is 49.8 Å². The molecule has 1 saturated heterocycles. The molecular weight excluding hydrogens is 298 g/mol. The van der Waals surface area contributed by atoms with Crippen LogP contribution in [0.4, 0.5) is 0 Å². The predicted octanol–water partition coefficient (Wildman–Crippen LogP) is 3.28. The van der Waals surface area contributed by atoms with Gasteiger partial charge in [0.2, 0.25) is 5.91 Å². The Balaban J connectivity index is 1.37. The molecule has 0 N–H and O–H groups in total. The highest BCUT2D eigenvalue weighted by Gasteiger charge is 2.58. The van der Waals surface area contributed by atoms with E-state index in [0.29, 0.717) is 11.9 Å². The summed E-state index contributed by atoms with van der Waals surface area (Å²) < 4.78 is 0. The molecule has 3 heterocycles. The summed E-state index contributed by atoms with van der Waals surface area (Å²) in [6, 6.07) is 0.637. The van der Waals surface area contributed by atoms with Gasteiger partial charge in [0.1, 0.15) is 6.33 Å². The molecule has 0 aromatic carbocycles. The number of hydrogen-bond acceptors (Lipinski definition) is 3. The topological polar surface area (TPSA) is 46.1 Å². The maximum absolute atomic E-state index is 13.8. The van der Waals surface area contributed by atoms with Crippen molar-refractivity contribution in [1.82, 2.24) is 14.9 Å². The molecule has 24 heavy (non-hydrogen) atoms. The maximum Gasteiger partial charge on any atom is 0.229 e. The number of fused-ring (bicyclic) bond motifs is 4. The number of aromatic nitrogens is 2. The minimum absolute atomic E-state index is 0.0112. The van der Waals surface area contributed by atoms with E-state index in [2.05, 4.69) is 14.9 Å². The van der Waals surface area contributed by atoms with E-state index in [1.54, 1.807) is 6.33 Å². The van der Waals surface area contributed by atoms with E-state index in [0.717, 1.165) is 37.0 Å². The first-order chi connectivity index (χ1) is 11.7. The summed E-state index contributed by atoms with van der Waals surface area (Å²) in [5.41, 5.74) is 2.40. The van der Waals surface area contributed by atoms with Crippen LogP contribution >= 0.6 is 0 Å². The fourth-order valence-electron chi connectivity index (χ4n) is 7.38. The van der Waals surface area contributed by atoms with E-state index in [4.69, 9.17) is 0 Å². The molecule has 5 fully saturated rings. The summed E-state index contributed by atoms with van der Waals surface area (Å²) in [5, 5.41) is 0. The van der Waals surface area contributed by atoms with Crippen LogP contribution in [-0.2, 0) is 11.2 Å². The summed E-state index contributed by atoms with van der Waals surface area (Å²) in [6.07, 6.45) is 14.5. The number of hydrogen-bond donors (Lipinski definition) is 0. The van der Waals surface area contributed by atoms with Crippen molar-refractivity contribution in [2.75, 3.05) is 0 Å². The Morgan fingerprint density at radius 3 is 2.50 bits per heavy atom. The number of rotatable bonds is 1. The van der Waals surface area contributed by atoms with Gasteiger partial charge < -0.3 is 4.90 Å². The van der Waals surface area contributed by atoms with Gasteiger partial charge in [-0.15, -0.1) is 0 Å². The SMILES string of the molecule is O=C(N1C2CCC1c1cncnc1C2)C12CC3CC(CC(C3)C1)C2. The van der Waals surface area contributed by atoms with Gasteiger partial charge in [-0.2, -0.15) is 0 Å². The lowest BCUT2D eigenvalue weighted by molar-refractivity contribution is -0.161. The number of carbonyl (C=O) groups excluding carboxylic acids is 1. The molecule has 4 saturated carbocycles. The summed E-state index contributed by atoms with van der Waals surface area (Å²) in [4.78, 5) is 24.9. The van der Waals surface area contributed by atoms with Crippen molar-refractivity contribution in [3.8, 4) is 0 Å². The number of nitrogens with zero attached hydrogens (tertiary/aromatic N) is 3. The normalized spacial score (nSPS) is 44.7. The molecule has 4 nitrogen and oxygen atoms in total. The van der Waals surface area contributed by atoms with Crippen molar-refractivity contribution in [2.24, 2.45) is 23.2 Å². The molecule has 6 aliphatic rings. The molecule has 4 heteroatoms. The average molecular weight is 323 g/mol. The molecule has 6 bridgehead atoms. The van der Waals surface area contributed by atoms with E-state index >= 15 is 0 Å². The molecule has 1 aromatic rings. The van der Waals surface area contributed by atoms with Gasteiger partial charge in [0, 0.05) is 24.2 Å². The summed E-state index contributed by atoms with van der Waals surface area (Å²) >= 11 is 0. The Labute approximate surface area is 143 Å². The Morgan fingerprint density at radius 1 is 1.08 bits per heavy atom. The van der Waals surface area contributed by atoms with Crippen LogP contribution in [0.25, 0.3) is 0 Å². The first-order valence-electron chi connectivity index (χ1n) is 9.83. The van der Waals surface area contributed by atoms with Gasteiger partial charge in [-0.05, 0) is 69.1 Å². The van der Waals surface area contributed by atoms with Crippen LogP contribution in [0.3, 0.4) is 0 Å². The Morgan fingerprint density at radius 2 is 1.79 bits per heavy atom. The second kappa shape index (κ2) is 4.59. The third-order valence-corrected chi connectivity index (χ3v) is 7.84. The van der Waals surface area contributed by atoms with E-state index in [-0.39, 0.29) is 11.5 Å². The third kappa shape index (κ3) is 1.72. The van der Waals surface area contributed by atoms with Crippen LogP contribution in [-0.4, -0.2) is 26.8 Å². The van der Waals surface area contributed by atoms with Crippen molar-refractivity contribution < 1.29 is 4.79 Å². The van der Waals surface area contributed by atoms with Gasteiger partial charge in [-0.25, -0.2) is 9.97 Å². The summed E-state index contributed by atoms with van der Waals surface area (Å²) in [5.74, 6) is 3.00. The first-order valence-corrected chi connectivity index (χ1v) is 9.83. The molecule has 0 spiro atoms. The van der Waals surface area contributed by atoms with Crippen LogP contribution in [0.5, 0.6) is 0 Å². The third-order valence-electron chi connectivity index (χ3n) is 7.84. The zero-order chi connectivity index (χ0) is 15.9.